The van der Waals surface area contributed by atoms with Crippen LogP contribution >= 0.6 is 0 Å². The molecule has 2 heteroatoms. The number of nitrogens with zero attached hydrogens (tertiary/aromatic N) is 2. The van der Waals surface area contributed by atoms with E-state index in [9.17, 15) is 0 Å². The van der Waals surface area contributed by atoms with Gasteiger partial charge in [0.05, 0.1) is 28.1 Å². The first-order valence-corrected chi connectivity index (χ1v) is 20.4. The summed E-state index contributed by atoms with van der Waals surface area (Å²) in [6.07, 6.45) is 19.1. The molecule has 1 aromatic heterocycles. The van der Waals surface area contributed by atoms with Crippen molar-refractivity contribution in [2.75, 3.05) is 4.90 Å². The molecule has 56 heavy (non-hydrogen) atoms. The molecule has 7 aromatic rings. The van der Waals surface area contributed by atoms with Gasteiger partial charge in [-0.05, 0) is 118 Å². The summed E-state index contributed by atoms with van der Waals surface area (Å²) in [5.41, 5.74) is 19.3. The van der Waals surface area contributed by atoms with Crippen molar-refractivity contribution in [2.45, 2.75) is 63.7 Å². The van der Waals surface area contributed by atoms with Gasteiger partial charge in [0, 0.05) is 33.2 Å². The van der Waals surface area contributed by atoms with Crippen LogP contribution in [0.25, 0.3) is 44.2 Å². The van der Waals surface area contributed by atoms with Crippen LogP contribution < -0.4 is 4.90 Å². The van der Waals surface area contributed by atoms with Crippen LogP contribution in [-0.4, -0.2) is 4.57 Å². The quantitative estimate of drug-likeness (QED) is 0.176. The molecule has 2 aliphatic carbocycles. The highest BCUT2D eigenvalue weighted by Gasteiger charge is 2.46. The number of rotatable bonds is 4. The van der Waals surface area contributed by atoms with E-state index >= 15 is 0 Å². The Morgan fingerprint density at radius 2 is 1.34 bits per heavy atom. The Morgan fingerprint density at radius 3 is 2.12 bits per heavy atom. The first-order chi connectivity index (χ1) is 27.3. The molecule has 0 saturated carbocycles. The maximum absolute atomic E-state index is 2.60. The molecule has 6 aromatic carbocycles. The van der Waals surface area contributed by atoms with Crippen molar-refractivity contribution >= 4 is 44.4 Å². The predicted octanol–water partition coefficient (Wildman–Crippen LogP) is 14.5. The average molecular weight is 723 g/mol. The monoisotopic (exact) mass is 722 g/mol. The number of hydrogen-bond donors (Lipinski definition) is 0. The second-order valence-electron chi connectivity index (χ2n) is 17.2. The number of fused-ring (bicyclic) bond motifs is 8. The fourth-order valence-corrected chi connectivity index (χ4v) is 10.5. The number of para-hydroxylation sites is 1. The number of anilines is 3. The van der Waals surface area contributed by atoms with E-state index in [1.165, 1.54) is 94.6 Å². The summed E-state index contributed by atoms with van der Waals surface area (Å²) in [6, 6.07) is 46.2. The van der Waals surface area contributed by atoms with Crippen LogP contribution in [0.3, 0.4) is 0 Å². The van der Waals surface area contributed by atoms with E-state index in [0.29, 0.717) is 5.92 Å². The lowest BCUT2D eigenvalue weighted by atomic mass is 9.64. The summed E-state index contributed by atoms with van der Waals surface area (Å²) < 4.78 is 2.60. The molecule has 0 spiro atoms. The summed E-state index contributed by atoms with van der Waals surface area (Å²) in [5.74, 6) is 0.378. The van der Waals surface area contributed by atoms with Gasteiger partial charge in [-0.3, -0.25) is 0 Å². The van der Waals surface area contributed by atoms with Crippen molar-refractivity contribution in [3.05, 3.63) is 197 Å². The summed E-state index contributed by atoms with van der Waals surface area (Å²) in [6.45, 7) is 9.89. The molecular formula is C54H46N2. The van der Waals surface area contributed by atoms with Crippen molar-refractivity contribution in [3.63, 3.8) is 0 Å². The molecule has 11 rings (SSSR count). The second kappa shape index (κ2) is 12.2. The normalized spacial score (nSPS) is 18.5. The zero-order valence-corrected chi connectivity index (χ0v) is 32.7. The summed E-state index contributed by atoms with van der Waals surface area (Å²) in [7, 11) is 0. The van der Waals surface area contributed by atoms with E-state index in [4.69, 9.17) is 0 Å². The lowest BCUT2D eigenvalue weighted by Gasteiger charge is -2.47. The molecule has 1 atom stereocenters. The number of benzene rings is 6. The van der Waals surface area contributed by atoms with Crippen molar-refractivity contribution in [1.82, 2.24) is 4.57 Å². The van der Waals surface area contributed by atoms with Crippen molar-refractivity contribution in [1.29, 1.82) is 0 Å². The van der Waals surface area contributed by atoms with Crippen LogP contribution in [0.1, 0.15) is 86.3 Å². The SMILES string of the molecule is CC1(C)c2cc(C3=CC=CCC3)ccc2N(c2ccc(-c3ccccc3)cc2)c2cc3c4cc(C5C=CC=CC5)ccc4n4c3c(c21)C(C)(C)c1ccccc1-4. The topological polar surface area (TPSA) is 8.17 Å². The minimum Gasteiger partial charge on any atom is -0.310 e. The molecule has 272 valence electrons. The highest BCUT2D eigenvalue weighted by atomic mass is 15.2. The Balaban J connectivity index is 1.24. The lowest BCUT2D eigenvalue weighted by molar-refractivity contribution is 0.570. The highest BCUT2D eigenvalue weighted by Crippen LogP contribution is 2.60. The van der Waals surface area contributed by atoms with Gasteiger partial charge in [0.2, 0.25) is 0 Å². The van der Waals surface area contributed by atoms with Gasteiger partial charge in [0.25, 0.3) is 0 Å². The summed E-state index contributed by atoms with van der Waals surface area (Å²) in [5, 5.41) is 2.65. The largest absolute Gasteiger partial charge is 0.310 e. The van der Waals surface area contributed by atoms with E-state index in [2.05, 4.69) is 201 Å². The van der Waals surface area contributed by atoms with E-state index in [0.717, 1.165) is 19.3 Å². The molecule has 0 N–H and O–H groups in total. The van der Waals surface area contributed by atoms with Gasteiger partial charge < -0.3 is 9.47 Å². The molecule has 3 heterocycles. The van der Waals surface area contributed by atoms with Gasteiger partial charge in [0.1, 0.15) is 0 Å². The first kappa shape index (κ1) is 33.2. The minimum atomic E-state index is -0.287. The van der Waals surface area contributed by atoms with E-state index in [-0.39, 0.29) is 10.8 Å². The number of hydrogen-bond acceptors (Lipinski definition) is 1. The van der Waals surface area contributed by atoms with Gasteiger partial charge in [-0.25, -0.2) is 0 Å². The van der Waals surface area contributed by atoms with Crippen molar-refractivity contribution in [3.8, 4) is 16.8 Å². The van der Waals surface area contributed by atoms with Crippen LogP contribution in [0.5, 0.6) is 0 Å². The zero-order chi connectivity index (χ0) is 37.8. The third-order valence-electron chi connectivity index (χ3n) is 13.3. The smallest absolute Gasteiger partial charge is 0.0586 e. The van der Waals surface area contributed by atoms with Crippen molar-refractivity contribution < 1.29 is 0 Å². The van der Waals surface area contributed by atoms with Gasteiger partial charge in [-0.15, -0.1) is 0 Å². The van der Waals surface area contributed by atoms with Crippen LogP contribution in [0, 0.1) is 0 Å². The maximum Gasteiger partial charge on any atom is 0.0586 e. The van der Waals surface area contributed by atoms with Gasteiger partial charge in [-0.2, -0.15) is 0 Å². The number of aromatic nitrogens is 1. The third-order valence-corrected chi connectivity index (χ3v) is 13.3. The minimum absolute atomic E-state index is 0.254. The standard InChI is InChI=1S/C54H46N2/c1-53(2)44-22-14-15-23-47(44)56-46-30-26-39(36-18-10-6-11-19-36)32-42(46)43-34-49-50(51(53)52(43)56)54(3,4)45-33-40(37-20-12-7-13-21-37)27-31-48(45)55(49)41-28-24-38(25-29-41)35-16-8-5-9-17-35/h5-12,14-18,20,22-34,36H,13,19,21H2,1-4H3. The van der Waals surface area contributed by atoms with Gasteiger partial charge >= 0.3 is 0 Å². The predicted molar refractivity (Wildman–Crippen MR) is 237 cm³/mol. The molecule has 0 bridgehead atoms. The summed E-state index contributed by atoms with van der Waals surface area (Å²) >= 11 is 0. The Bertz CT molecular complexity index is 2870. The average Bonchev–Trinajstić information content (AvgIpc) is 3.57. The fraction of sp³-hybridized carbons (Fsp3) is 0.185. The van der Waals surface area contributed by atoms with E-state index in [1.807, 2.05) is 0 Å². The van der Waals surface area contributed by atoms with Gasteiger partial charge in [0.15, 0.2) is 0 Å². The molecule has 2 aliphatic heterocycles. The van der Waals surface area contributed by atoms with Crippen LogP contribution in [-0.2, 0) is 10.8 Å². The lowest BCUT2D eigenvalue weighted by Crippen LogP contribution is -2.37. The molecule has 0 amide bonds. The first-order valence-electron chi connectivity index (χ1n) is 20.4. The Labute approximate surface area is 330 Å². The molecule has 0 fully saturated rings. The molecule has 4 aliphatic rings. The zero-order valence-electron chi connectivity index (χ0n) is 32.7. The van der Waals surface area contributed by atoms with Crippen molar-refractivity contribution in [2.24, 2.45) is 0 Å². The molecule has 0 radical (unpaired) electrons. The molecule has 0 saturated heterocycles. The van der Waals surface area contributed by atoms with E-state index < -0.39 is 0 Å². The Morgan fingerprint density at radius 1 is 0.571 bits per heavy atom. The molecular weight excluding hydrogens is 677 g/mol. The highest BCUT2D eigenvalue weighted by molar-refractivity contribution is 6.14. The van der Waals surface area contributed by atoms with Crippen LogP contribution in [0.4, 0.5) is 17.1 Å². The number of allylic oxidation sites excluding steroid dienone is 8. The fourth-order valence-electron chi connectivity index (χ4n) is 10.5. The summed E-state index contributed by atoms with van der Waals surface area (Å²) in [4.78, 5) is 2.58. The molecule has 2 nitrogen and oxygen atoms in total. The Hall–Kier alpha value is -6.12. The third kappa shape index (κ3) is 4.75. The van der Waals surface area contributed by atoms with Crippen LogP contribution in [0.2, 0.25) is 0 Å². The van der Waals surface area contributed by atoms with E-state index in [1.54, 1.807) is 0 Å². The molecule has 1 unspecified atom stereocenters. The Kier molecular flexibility index (Phi) is 7.23. The van der Waals surface area contributed by atoms with Crippen LogP contribution in [0.15, 0.2) is 164 Å². The maximum atomic E-state index is 2.60. The second-order valence-corrected chi connectivity index (χ2v) is 17.2. The van der Waals surface area contributed by atoms with Gasteiger partial charge in [-0.1, -0.05) is 143 Å².